The number of benzene rings is 1. The van der Waals surface area contributed by atoms with Crippen LogP contribution < -0.4 is 4.35 Å². The third-order valence-corrected chi connectivity index (χ3v) is 4.75. The van der Waals surface area contributed by atoms with Gasteiger partial charge in [-0.1, -0.05) is 0 Å². The number of halogens is 3. The molecule has 1 aromatic rings. The second kappa shape index (κ2) is 3.87. The van der Waals surface area contributed by atoms with E-state index in [1.807, 2.05) is 12.1 Å². The van der Waals surface area contributed by atoms with Crippen LogP contribution in [-0.2, 0) is 0 Å². The molecular weight excluding hydrogens is 253 g/mol. The molecule has 0 amide bonds. The van der Waals surface area contributed by atoms with Crippen molar-refractivity contribution in [1.82, 2.24) is 0 Å². The molecule has 0 N–H and O–H groups in total. The Kier molecular flexibility index (Phi) is 3.39. The molecule has 54 valence electrons. The van der Waals surface area contributed by atoms with Gasteiger partial charge >= 0.3 is 77.9 Å². The first-order valence-corrected chi connectivity index (χ1v) is 8.82. The molecule has 0 saturated heterocycles. The minimum absolute atomic E-state index is 0.716. The fourth-order valence-corrected chi connectivity index (χ4v) is 2.64. The van der Waals surface area contributed by atoms with Crippen molar-refractivity contribution in [2.45, 2.75) is 0 Å². The standard InChI is InChI=1S/C6H4AsCl3/c8-6-3-1-5(2-4-6)7(9)10/h1-4H. The van der Waals surface area contributed by atoms with Gasteiger partial charge in [-0.3, -0.25) is 0 Å². The summed E-state index contributed by atoms with van der Waals surface area (Å²) in [5.41, 5.74) is 0. The molecule has 0 fully saturated rings. The first-order valence-electron chi connectivity index (χ1n) is 2.57. The van der Waals surface area contributed by atoms with Gasteiger partial charge in [-0.25, -0.2) is 0 Å². The summed E-state index contributed by atoms with van der Waals surface area (Å²) >= 11 is 3.92. The predicted molar refractivity (Wildman–Crippen MR) is 48.5 cm³/mol. The molecule has 1 aromatic carbocycles. The quantitative estimate of drug-likeness (QED) is 0.678. The molecule has 0 atom stereocenters. The monoisotopic (exact) mass is 256 g/mol. The summed E-state index contributed by atoms with van der Waals surface area (Å²) < 4.78 is 1.01. The van der Waals surface area contributed by atoms with Crippen molar-refractivity contribution < 1.29 is 0 Å². The van der Waals surface area contributed by atoms with Gasteiger partial charge < -0.3 is 0 Å². The molecule has 0 bridgehead atoms. The zero-order chi connectivity index (χ0) is 7.56. The van der Waals surface area contributed by atoms with Crippen molar-refractivity contribution in [2.75, 3.05) is 0 Å². The van der Waals surface area contributed by atoms with E-state index in [9.17, 15) is 0 Å². The van der Waals surface area contributed by atoms with E-state index in [0.29, 0.717) is 5.02 Å². The SMILES string of the molecule is Clc1ccc([As](Cl)Cl)cc1. The van der Waals surface area contributed by atoms with Crippen LogP contribution in [0.1, 0.15) is 0 Å². The van der Waals surface area contributed by atoms with Crippen molar-refractivity contribution in [3.05, 3.63) is 29.3 Å². The van der Waals surface area contributed by atoms with Crippen molar-refractivity contribution in [2.24, 2.45) is 0 Å². The van der Waals surface area contributed by atoms with Crippen LogP contribution >= 0.6 is 31.5 Å². The summed E-state index contributed by atoms with van der Waals surface area (Å²) in [5.74, 6) is 0. The molecule has 0 radical (unpaired) electrons. The predicted octanol–water partition coefficient (Wildman–Crippen LogP) is 2.51. The van der Waals surface area contributed by atoms with Crippen molar-refractivity contribution >= 4 is 48.6 Å². The second-order valence-electron chi connectivity index (χ2n) is 1.71. The van der Waals surface area contributed by atoms with Gasteiger partial charge in [0.1, 0.15) is 0 Å². The van der Waals surface area contributed by atoms with Crippen LogP contribution in [0.2, 0.25) is 5.02 Å². The van der Waals surface area contributed by atoms with Crippen molar-refractivity contribution in [3.63, 3.8) is 0 Å². The molecule has 0 nitrogen and oxygen atoms in total. The van der Waals surface area contributed by atoms with Gasteiger partial charge in [0.2, 0.25) is 0 Å². The molecule has 1 rings (SSSR count). The van der Waals surface area contributed by atoms with E-state index in [-0.39, 0.29) is 0 Å². The van der Waals surface area contributed by atoms with E-state index in [0.717, 1.165) is 4.35 Å². The van der Waals surface area contributed by atoms with E-state index in [1.165, 1.54) is 0 Å². The van der Waals surface area contributed by atoms with Crippen LogP contribution in [0, 0.1) is 0 Å². The fourth-order valence-electron chi connectivity index (χ4n) is 0.554. The van der Waals surface area contributed by atoms with Crippen molar-refractivity contribution in [3.8, 4) is 0 Å². The summed E-state index contributed by atoms with van der Waals surface area (Å²) in [5, 5.41) is 0.716. The Morgan fingerprint density at radius 1 is 1.00 bits per heavy atom. The Balaban J connectivity index is 2.89. The second-order valence-corrected chi connectivity index (χ2v) is 8.62. The topological polar surface area (TPSA) is 0 Å². The summed E-state index contributed by atoms with van der Waals surface area (Å²) in [6, 6.07) is 7.32. The van der Waals surface area contributed by atoms with Crippen LogP contribution in [0.4, 0.5) is 0 Å². The van der Waals surface area contributed by atoms with E-state index in [1.54, 1.807) is 12.1 Å². The molecular formula is C6H4AsCl3. The Morgan fingerprint density at radius 2 is 1.50 bits per heavy atom. The Hall–Kier alpha value is 0.648. The van der Waals surface area contributed by atoms with Gasteiger partial charge in [-0.05, 0) is 0 Å². The maximum absolute atomic E-state index is 5.72. The third-order valence-electron chi connectivity index (χ3n) is 1.02. The Morgan fingerprint density at radius 3 is 1.90 bits per heavy atom. The summed E-state index contributed by atoms with van der Waals surface area (Å²) in [4.78, 5) is 0. The molecule has 0 aliphatic rings. The average molecular weight is 257 g/mol. The number of rotatable bonds is 1. The Bertz CT molecular complexity index is 207. The molecule has 0 aliphatic heterocycles. The number of hydrogen-bond acceptors (Lipinski definition) is 0. The van der Waals surface area contributed by atoms with Crippen LogP contribution in [0.3, 0.4) is 0 Å². The molecule has 10 heavy (non-hydrogen) atoms. The van der Waals surface area contributed by atoms with Crippen LogP contribution in [0.15, 0.2) is 24.3 Å². The number of hydrogen-bond donors (Lipinski definition) is 0. The average Bonchev–Trinajstić information content (AvgIpc) is 1.88. The summed E-state index contributed by atoms with van der Waals surface area (Å²) in [6.07, 6.45) is 0. The molecule has 0 aliphatic carbocycles. The summed E-state index contributed by atoms with van der Waals surface area (Å²) in [7, 11) is 11.4. The van der Waals surface area contributed by atoms with Gasteiger partial charge in [0.25, 0.3) is 0 Å². The molecule has 4 heteroatoms. The van der Waals surface area contributed by atoms with Gasteiger partial charge in [0.05, 0.1) is 0 Å². The minimum atomic E-state index is -1.72. The van der Waals surface area contributed by atoms with Crippen molar-refractivity contribution in [1.29, 1.82) is 0 Å². The zero-order valence-corrected chi connectivity index (χ0v) is 9.03. The van der Waals surface area contributed by atoms with Crippen LogP contribution in [0.25, 0.3) is 0 Å². The molecule has 0 saturated carbocycles. The van der Waals surface area contributed by atoms with E-state index < -0.39 is 12.8 Å². The van der Waals surface area contributed by atoms with Gasteiger partial charge in [0.15, 0.2) is 0 Å². The molecule has 0 heterocycles. The maximum atomic E-state index is 5.72. The molecule has 0 aromatic heterocycles. The first kappa shape index (κ1) is 8.74. The van der Waals surface area contributed by atoms with Crippen LogP contribution in [-0.4, -0.2) is 12.8 Å². The molecule has 0 spiro atoms. The normalized spacial score (nSPS) is 10.4. The van der Waals surface area contributed by atoms with Gasteiger partial charge in [-0.2, -0.15) is 0 Å². The molecule has 0 unspecified atom stereocenters. The Labute approximate surface area is 77.7 Å². The van der Waals surface area contributed by atoms with Crippen LogP contribution in [0.5, 0.6) is 0 Å². The zero-order valence-electron chi connectivity index (χ0n) is 4.89. The van der Waals surface area contributed by atoms with Gasteiger partial charge in [-0.15, -0.1) is 0 Å². The third kappa shape index (κ3) is 2.36. The van der Waals surface area contributed by atoms with Gasteiger partial charge in [0, 0.05) is 0 Å². The van der Waals surface area contributed by atoms with E-state index >= 15 is 0 Å². The fraction of sp³-hybridized carbons (Fsp3) is 0. The first-order chi connectivity index (χ1) is 4.70. The summed E-state index contributed by atoms with van der Waals surface area (Å²) in [6.45, 7) is 0. The van der Waals surface area contributed by atoms with E-state index in [4.69, 9.17) is 31.5 Å². The van der Waals surface area contributed by atoms with E-state index in [2.05, 4.69) is 0 Å².